The summed E-state index contributed by atoms with van der Waals surface area (Å²) in [6, 6.07) is 12.5. The van der Waals surface area contributed by atoms with Crippen LogP contribution in [-0.2, 0) is 6.42 Å². The Balaban J connectivity index is 0.00000256. The SMILES string of the molecule is Cc1ccc(-c2nsc(Oc3cc(C)c(CCN4CCC(O)C4)cc3C)n2)cc1.Cl. The highest BCUT2D eigenvalue weighted by molar-refractivity contribution is 7.07. The fraction of sp³-hybridized carbons (Fsp3) is 0.391. The lowest BCUT2D eigenvalue weighted by Gasteiger charge is -2.17. The van der Waals surface area contributed by atoms with Crippen molar-refractivity contribution in [2.24, 2.45) is 0 Å². The molecule has 4 rings (SSSR count). The Morgan fingerprint density at radius 2 is 1.90 bits per heavy atom. The van der Waals surface area contributed by atoms with Crippen molar-refractivity contribution in [3.8, 4) is 22.3 Å². The van der Waals surface area contributed by atoms with Crippen molar-refractivity contribution in [3.63, 3.8) is 0 Å². The van der Waals surface area contributed by atoms with E-state index in [4.69, 9.17) is 4.74 Å². The van der Waals surface area contributed by atoms with Crippen molar-refractivity contribution in [2.45, 2.75) is 39.7 Å². The van der Waals surface area contributed by atoms with Crippen molar-refractivity contribution < 1.29 is 9.84 Å². The van der Waals surface area contributed by atoms with Crippen LogP contribution >= 0.6 is 23.9 Å². The number of nitrogens with zero attached hydrogens (tertiary/aromatic N) is 3. The molecule has 0 aliphatic carbocycles. The van der Waals surface area contributed by atoms with Crippen LogP contribution < -0.4 is 4.74 Å². The highest BCUT2D eigenvalue weighted by Crippen LogP contribution is 2.31. The first-order valence-electron chi connectivity index (χ1n) is 10.1. The van der Waals surface area contributed by atoms with Gasteiger partial charge in [0.1, 0.15) is 5.75 Å². The molecule has 0 bridgehead atoms. The van der Waals surface area contributed by atoms with Crippen molar-refractivity contribution in [3.05, 3.63) is 58.7 Å². The second kappa shape index (κ2) is 9.88. The number of aryl methyl sites for hydroxylation is 3. The number of hydrogen-bond donors (Lipinski definition) is 1. The molecule has 1 fully saturated rings. The Morgan fingerprint density at radius 1 is 1.13 bits per heavy atom. The molecule has 3 aromatic rings. The van der Waals surface area contributed by atoms with Gasteiger partial charge in [0.25, 0.3) is 5.19 Å². The second-order valence-electron chi connectivity index (χ2n) is 7.89. The lowest BCUT2D eigenvalue weighted by Crippen LogP contribution is -2.24. The number of aliphatic hydroxyl groups excluding tert-OH is 1. The second-order valence-corrected chi connectivity index (χ2v) is 8.60. The van der Waals surface area contributed by atoms with Crippen LogP contribution in [0.2, 0.25) is 0 Å². The van der Waals surface area contributed by atoms with Gasteiger partial charge in [-0.05, 0) is 56.4 Å². The molecule has 0 spiro atoms. The molecular weight excluding hydrogens is 418 g/mol. The van der Waals surface area contributed by atoms with Crippen LogP contribution in [0.25, 0.3) is 11.4 Å². The van der Waals surface area contributed by atoms with Crippen LogP contribution in [0.15, 0.2) is 36.4 Å². The third kappa shape index (κ3) is 5.38. The Kier molecular flexibility index (Phi) is 7.47. The van der Waals surface area contributed by atoms with Gasteiger partial charge in [0.05, 0.1) is 6.10 Å². The number of ether oxygens (including phenoxy) is 1. The topological polar surface area (TPSA) is 58.5 Å². The minimum Gasteiger partial charge on any atom is -0.430 e. The summed E-state index contributed by atoms with van der Waals surface area (Å²) in [5.41, 5.74) is 5.85. The quantitative estimate of drug-likeness (QED) is 0.581. The van der Waals surface area contributed by atoms with E-state index in [1.807, 2.05) is 12.1 Å². The maximum atomic E-state index is 9.69. The molecule has 160 valence electrons. The highest BCUT2D eigenvalue weighted by Gasteiger charge is 2.20. The van der Waals surface area contributed by atoms with Crippen LogP contribution in [0.1, 0.15) is 28.7 Å². The predicted octanol–water partition coefficient (Wildman–Crippen LogP) is 4.95. The predicted molar refractivity (Wildman–Crippen MR) is 124 cm³/mol. The van der Waals surface area contributed by atoms with Gasteiger partial charge in [0, 0.05) is 36.7 Å². The number of benzene rings is 2. The molecule has 0 amide bonds. The van der Waals surface area contributed by atoms with Crippen molar-refractivity contribution in [2.75, 3.05) is 19.6 Å². The Morgan fingerprint density at radius 3 is 2.60 bits per heavy atom. The van der Waals surface area contributed by atoms with Gasteiger partial charge in [-0.2, -0.15) is 9.36 Å². The molecule has 2 heterocycles. The van der Waals surface area contributed by atoms with Gasteiger partial charge in [-0.3, -0.25) is 0 Å². The molecule has 1 unspecified atom stereocenters. The largest absolute Gasteiger partial charge is 0.430 e. The third-order valence-electron chi connectivity index (χ3n) is 5.49. The summed E-state index contributed by atoms with van der Waals surface area (Å²) in [7, 11) is 0. The molecule has 0 radical (unpaired) electrons. The van der Waals surface area contributed by atoms with Crippen LogP contribution in [0.5, 0.6) is 10.9 Å². The molecule has 7 heteroatoms. The van der Waals surface area contributed by atoms with Gasteiger partial charge >= 0.3 is 0 Å². The molecule has 5 nitrogen and oxygen atoms in total. The minimum atomic E-state index is -0.162. The summed E-state index contributed by atoms with van der Waals surface area (Å²) in [5, 5.41) is 10.2. The van der Waals surface area contributed by atoms with E-state index in [0.717, 1.165) is 49.4 Å². The summed E-state index contributed by atoms with van der Waals surface area (Å²) in [6.45, 7) is 9.02. The molecule has 2 aromatic carbocycles. The minimum absolute atomic E-state index is 0. The zero-order chi connectivity index (χ0) is 20.4. The first kappa shape index (κ1) is 22.7. The molecule has 0 saturated carbocycles. The summed E-state index contributed by atoms with van der Waals surface area (Å²) < 4.78 is 10.5. The zero-order valence-corrected chi connectivity index (χ0v) is 19.2. The molecular formula is C23H28ClN3O2S. The number of likely N-dealkylation sites (tertiary alicyclic amines) is 1. The first-order valence-corrected chi connectivity index (χ1v) is 10.8. The fourth-order valence-corrected chi connectivity index (χ4v) is 4.25. The van der Waals surface area contributed by atoms with Gasteiger partial charge in [-0.15, -0.1) is 12.4 Å². The van der Waals surface area contributed by atoms with E-state index in [-0.39, 0.29) is 18.5 Å². The maximum Gasteiger partial charge on any atom is 0.299 e. The normalized spacial score (nSPS) is 16.5. The average molecular weight is 446 g/mol. The summed E-state index contributed by atoms with van der Waals surface area (Å²) in [4.78, 5) is 6.88. The number of β-amino-alcohol motifs (C(OH)–C–C–N with tert-alkyl or cyclic N) is 1. The Hall–Kier alpha value is -1.99. The van der Waals surface area contributed by atoms with E-state index in [1.165, 1.54) is 28.2 Å². The van der Waals surface area contributed by atoms with Crippen LogP contribution in [-0.4, -0.2) is 45.1 Å². The highest BCUT2D eigenvalue weighted by atomic mass is 35.5. The van der Waals surface area contributed by atoms with E-state index in [2.05, 4.69) is 59.3 Å². The molecule has 1 N–H and O–H groups in total. The number of aromatic nitrogens is 2. The Bertz CT molecular complexity index is 991. The molecule has 1 aliphatic heterocycles. The molecule has 1 aliphatic rings. The molecule has 30 heavy (non-hydrogen) atoms. The third-order valence-corrected chi connectivity index (χ3v) is 6.09. The number of rotatable bonds is 6. The summed E-state index contributed by atoms with van der Waals surface area (Å²) in [6.07, 6.45) is 1.71. The van der Waals surface area contributed by atoms with E-state index in [1.54, 1.807) is 0 Å². The number of hydrogen-bond acceptors (Lipinski definition) is 6. The lowest BCUT2D eigenvalue weighted by atomic mass is 10.0. The van der Waals surface area contributed by atoms with E-state index < -0.39 is 0 Å². The maximum absolute atomic E-state index is 9.69. The van der Waals surface area contributed by atoms with E-state index >= 15 is 0 Å². The van der Waals surface area contributed by atoms with Crippen molar-refractivity contribution in [1.29, 1.82) is 0 Å². The van der Waals surface area contributed by atoms with Gasteiger partial charge in [-0.25, -0.2) is 0 Å². The van der Waals surface area contributed by atoms with Gasteiger partial charge in [0.15, 0.2) is 5.82 Å². The Labute approximate surface area is 188 Å². The summed E-state index contributed by atoms with van der Waals surface area (Å²) in [5.74, 6) is 1.53. The van der Waals surface area contributed by atoms with Gasteiger partial charge in [-0.1, -0.05) is 35.9 Å². The molecule has 1 atom stereocenters. The number of halogens is 1. The zero-order valence-electron chi connectivity index (χ0n) is 17.6. The van der Waals surface area contributed by atoms with Crippen LogP contribution in [0, 0.1) is 20.8 Å². The average Bonchev–Trinajstić information content (AvgIpc) is 3.33. The van der Waals surface area contributed by atoms with Crippen molar-refractivity contribution in [1.82, 2.24) is 14.3 Å². The number of aliphatic hydroxyl groups is 1. The molecule has 1 saturated heterocycles. The lowest BCUT2D eigenvalue weighted by molar-refractivity contribution is 0.177. The van der Waals surface area contributed by atoms with Crippen LogP contribution in [0.4, 0.5) is 0 Å². The molecule has 1 aromatic heterocycles. The first-order chi connectivity index (χ1) is 14.0. The van der Waals surface area contributed by atoms with Crippen molar-refractivity contribution >= 4 is 23.9 Å². The van der Waals surface area contributed by atoms with Gasteiger partial charge in [0.2, 0.25) is 0 Å². The van der Waals surface area contributed by atoms with E-state index in [0.29, 0.717) is 11.0 Å². The standard InChI is InChI=1S/C23H27N3O2S.ClH/c1-15-4-6-18(7-5-15)22-24-23(29-25-22)28-21-13-16(2)19(12-17(21)3)8-10-26-11-9-20(27)14-26;/h4-7,12-13,20,27H,8-11,14H2,1-3H3;1H. The fourth-order valence-electron chi connectivity index (χ4n) is 3.69. The van der Waals surface area contributed by atoms with E-state index in [9.17, 15) is 5.11 Å². The summed E-state index contributed by atoms with van der Waals surface area (Å²) >= 11 is 1.28. The van der Waals surface area contributed by atoms with Crippen LogP contribution in [0.3, 0.4) is 0 Å². The monoisotopic (exact) mass is 445 g/mol. The smallest absolute Gasteiger partial charge is 0.299 e. The van der Waals surface area contributed by atoms with Gasteiger partial charge < -0.3 is 14.7 Å².